The topological polar surface area (TPSA) is 0 Å². The van der Waals surface area contributed by atoms with Gasteiger partial charge in [-0.05, 0) is 142 Å². The number of aryl methyl sites for hydroxylation is 6. The predicted octanol–water partition coefficient (Wildman–Crippen LogP) is 12.2. The SMILES string of the molecule is Cc1cccc(B2c3ccccc3-c3c2ccc2c3B(c3cccc(C)c3)c3ccccc3-2)c1.Cc1cccc(C)c1B1c2ccccc2-c2cc3c(cc21)-c1ccccc1B3c1c(C)cccc1C.c1ccc(B2c3cc4c(cc3-c3cc5ccccc5cc32)B(c2ccccc2)c2cc3ccccc3cc2-4)cc1. The summed E-state index contributed by atoms with van der Waals surface area (Å²) in [6, 6.07) is 132. The van der Waals surface area contributed by atoms with Crippen LogP contribution in [0.15, 0.2) is 352 Å². The summed E-state index contributed by atoms with van der Waals surface area (Å²) in [5.74, 6) is 0. The quantitative estimate of drug-likeness (QED) is 0.146. The van der Waals surface area contributed by atoms with Crippen molar-refractivity contribution in [3.63, 3.8) is 0 Å². The van der Waals surface area contributed by atoms with Crippen LogP contribution >= 0.6 is 0 Å². The van der Waals surface area contributed by atoms with Gasteiger partial charge in [0.25, 0.3) is 0 Å². The van der Waals surface area contributed by atoms with Crippen LogP contribution in [0.1, 0.15) is 33.4 Å². The summed E-state index contributed by atoms with van der Waals surface area (Å²) < 4.78 is 0. The molecule has 510 valence electrons. The van der Waals surface area contributed by atoms with Gasteiger partial charge in [0, 0.05) is 0 Å². The molecule has 0 spiro atoms. The molecule has 0 bridgehead atoms. The molecule has 6 aliphatic rings. The molecule has 6 heteroatoms. The highest BCUT2D eigenvalue weighted by Gasteiger charge is 2.45. The molecule has 0 saturated heterocycles. The van der Waals surface area contributed by atoms with Crippen molar-refractivity contribution < 1.29 is 0 Å². The van der Waals surface area contributed by atoms with Gasteiger partial charge in [0.2, 0.25) is 40.3 Å². The van der Waals surface area contributed by atoms with Gasteiger partial charge in [0.1, 0.15) is 0 Å². The lowest BCUT2D eigenvalue weighted by atomic mass is 9.36. The fourth-order valence-electron chi connectivity index (χ4n) is 20.9. The van der Waals surface area contributed by atoms with E-state index in [-0.39, 0.29) is 40.3 Å². The van der Waals surface area contributed by atoms with E-state index in [1.54, 1.807) is 0 Å². The Morgan fingerprint density at radius 1 is 0.155 bits per heavy atom. The molecule has 0 atom stereocenters. The minimum Gasteiger partial charge on any atom is -0.0686 e. The third-order valence-electron chi connectivity index (χ3n) is 25.5. The highest BCUT2D eigenvalue weighted by atomic mass is 14.3. The summed E-state index contributed by atoms with van der Waals surface area (Å²) in [6.45, 7) is 15.0. The molecule has 0 unspecified atom stereocenters. The zero-order valence-corrected chi connectivity index (χ0v) is 63.0. The Balaban J connectivity index is 0.000000105. The fourth-order valence-corrected chi connectivity index (χ4v) is 20.9. The Morgan fingerprint density at radius 3 is 0.891 bits per heavy atom. The summed E-state index contributed by atoms with van der Waals surface area (Å²) in [5, 5.41) is 5.22. The maximum absolute atomic E-state index is 2.54. The first-order valence-electron chi connectivity index (χ1n) is 39.4. The molecule has 0 radical (unpaired) electrons. The van der Waals surface area contributed by atoms with E-state index in [1.165, 1.54) is 220 Å². The predicted molar refractivity (Wildman–Crippen MR) is 482 cm³/mol. The zero-order chi connectivity index (χ0) is 73.6. The van der Waals surface area contributed by atoms with Crippen molar-refractivity contribution in [3.05, 3.63) is 385 Å². The zero-order valence-electron chi connectivity index (χ0n) is 63.0. The number of benzene rings is 17. The maximum atomic E-state index is 2.54. The van der Waals surface area contributed by atoms with Crippen molar-refractivity contribution in [3.8, 4) is 66.8 Å². The molecular weight excluding hydrogens is 1310 g/mol. The van der Waals surface area contributed by atoms with Gasteiger partial charge in [-0.15, -0.1) is 0 Å². The Labute approximate surface area is 649 Å². The normalized spacial score (nSPS) is 12.9. The van der Waals surface area contributed by atoms with Crippen molar-refractivity contribution in [2.75, 3.05) is 0 Å². The highest BCUT2D eigenvalue weighted by Crippen LogP contribution is 2.36. The Kier molecular flexibility index (Phi) is 15.7. The monoisotopic (exact) mass is 1390 g/mol. The first kappa shape index (κ1) is 65.9. The molecular formula is C104H76B6. The number of hydrogen-bond acceptors (Lipinski definition) is 0. The fraction of sp³-hybridized carbons (Fsp3) is 0.0577. The maximum Gasteiger partial charge on any atom is 0.243 e. The van der Waals surface area contributed by atoms with Gasteiger partial charge in [-0.3, -0.25) is 0 Å². The number of fused-ring (bicyclic) bond motifs is 21. The third-order valence-corrected chi connectivity index (χ3v) is 25.5. The van der Waals surface area contributed by atoms with Crippen LogP contribution in [0.5, 0.6) is 0 Å². The average molecular weight is 1390 g/mol. The molecule has 0 aliphatic carbocycles. The smallest absolute Gasteiger partial charge is 0.0686 e. The van der Waals surface area contributed by atoms with Gasteiger partial charge in [-0.1, -0.05) is 471 Å². The van der Waals surface area contributed by atoms with E-state index in [4.69, 9.17) is 0 Å². The van der Waals surface area contributed by atoms with E-state index >= 15 is 0 Å². The van der Waals surface area contributed by atoms with Crippen LogP contribution in [-0.4, -0.2) is 40.3 Å². The van der Waals surface area contributed by atoms with Crippen LogP contribution in [0.2, 0.25) is 0 Å². The lowest BCUT2D eigenvalue weighted by Crippen LogP contribution is -2.52. The minimum atomic E-state index is 0.223. The standard InChI is InChI=1S/C38H24B2.C34H28B2.C32H24B2/c1-3-15-29(16-4-1)39-35-21-27-13-9-7-11-25(27)19-31(35)33-24-38-34(23-37(33)39)32-20-26-12-8-10-14-28(26)22-36(32)40(38)30-17-5-2-6-18-30;1-21-11-9-12-22(2)33(21)35-29-17-7-5-15-25(29)27-20-32-28(19-31(27)35)26-16-6-8-18-30(26)36(32)34-23(3)13-10-14-24(34)4;1-21-9-7-11-23(19-21)33-29-16-6-4-14-27(29)31-30(33)18-17-26-25-13-3-5-15-28(25)34(32(26)31)24-12-8-10-22(2)20-24/h1-24H;5-20H,1-4H3;3-20H,1-2H3. The molecule has 23 rings (SSSR count). The molecule has 0 N–H and O–H groups in total. The van der Waals surface area contributed by atoms with E-state index in [1.807, 2.05) is 0 Å². The van der Waals surface area contributed by atoms with Crippen molar-refractivity contribution >= 4 is 160 Å². The van der Waals surface area contributed by atoms with Crippen LogP contribution < -0.4 is 98.3 Å². The van der Waals surface area contributed by atoms with Gasteiger partial charge in [0.05, 0.1) is 0 Å². The van der Waals surface area contributed by atoms with Crippen LogP contribution in [0.4, 0.5) is 0 Å². The summed E-state index contributed by atoms with van der Waals surface area (Å²) in [5.41, 5.74) is 50.4. The summed E-state index contributed by atoms with van der Waals surface area (Å²) in [7, 11) is 0. The van der Waals surface area contributed by atoms with Crippen LogP contribution in [0.25, 0.3) is 88.3 Å². The Bertz CT molecular complexity index is 6350. The number of rotatable bonds is 6. The van der Waals surface area contributed by atoms with Gasteiger partial charge in [0.15, 0.2) is 0 Å². The van der Waals surface area contributed by atoms with Gasteiger partial charge >= 0.3 is 0 Å². The van der Waals surface area contributed by atoms with E-state index in [0.717, 1.165) is 0 Å². The molecule has 110 heavy (non-hydrogen) atoms. The van der Waals surface area contributed by atoms with E-state index < -0.39 is 0 Å². The van der Waals surface area contributed by atoms with E-state index in [0.29, 0.717) is 0 Å². The van der Waals surface area contributed by atoms with Crippen molar-refractivity contribution in [1.82, 2.24) is 0 Å². The summed E-state index contributed by atoms with van der Waals surface area (Å²) in [4.78, 5) is 0. The third kappa shape index (κ3) is 10.4. The lowest BCUT2D eigenvalue weighted by molar-refractivity contribution is 1.43. The number of hydrogen-bond donors (Lipinski definition) is 0. The van der Waals surface area contributed by atoms with E-state index in [9.17, 15) is 0 Å². The average Bonchev–Trinajstić information content (AvgIpc) is 1.56. The molecule has 0 fully saturated rings. The van der Waals surface area contributed by atoms with Crippen molar-refractivity contribution in [2.24, 2.45) is 0 Å². The van der Waals surface area contributed by atoms with Crippen molar-refractivity contribution in [1.29, 1.82) is 0 Å². The van der Waals surface area contributed by atoms with Crippen molar-refractivity contribution in [2.45, 2.75) is 41.5 Å². The second-order valence-electron chi connectivity index (χ2n) is 31.8. The summed E-state index contributed by atoms with van der Waals surface area (Å²) >= 11 is 0. The first-order valence-corrected chi connectivity index (χ1v) is 39.4. The molecule has 6 heterocycles. The van der Waals surface area contributed by atoms with Crippen LogP contribution in [0, 0.1) is 41.5 Å². The van der Waals surface area contributed by atoms with Crippen LogP contribution in [-0.2, 0) is 0 Å². The lowest BCUT2D eigenvalue weighted by Gasteiger charge is -2.19. The molecule has 0 nitrogen and oxygen atoms in total. The molecule has 0 aromatic heterocycles. The Hall–Kier alpha value is -12.4. The van der Waals surface area contributed by atoms with Gasteiger partial charge < -0.3 is 0 Å². The Morgan fingerprint density at radius 2 is 0.455 bits per heavy atom. The summed E-state index contributed by atoms with van der Waals surface area (Å²) in [6.07, 6.45) is 0. The minimum absolute atomic E-state index is 0.223. The molecule has 17 aromatic carbocycles. The highest BCUT2D eigenvalue weighted by molar-refractivity contribution is 7.05. The second-order valence-corrected chi connectivity index (χ2v) is 31.8. The molecule has 0 saturated carbocycles. The van der Waals surface area contributed by atoms with Gasteiger partial charge in [-0.2, -0.15) is 0 Å². The van der Waals surface area contributed by atoms with Gasteiger partial charge in [-0.25, -0.2) is 0 Å². The van der Waals surface area contributed by atoms with Crippen LogP contribution in [0.3, 0.4) is 0 Å². The largest absolute Gasteiger partial charge is 0.243 e. The molecule has 0 amide bonds. The molecule has 6 aliphatic heterocycles. The van der Waals surface area contributed by atoms with E-state index in [2.05, 4.69) is 393 Å². The first-order chi connectivity index (χ1) is 54.1. The molecule has 17 aromatic rings. The second kappa shape index (κ2) is 26.2.